The Morgan fingerprint density at radius 1 is 1.16 bits per heavy atom. The van der Waals surface area contributed by atoms with Gasteiger partial charge in [0.25, 0.3) is 0 Å². The van der Waals surface area contributed by atoms with Crippen LogP contribution in [0.15, 0.2) is 47.6 Å². The second kappa shape index (κ2) is 10.8. The van der Waals surface area contributed by atoms with Gasteiger partial charge in [0.05, 0.1) is 12.3 Å². The topological polar surface area (TPSA) is 79.8 Å². The van der Waals surface area contributed by atoms with Crippen LogP contribution in [0, 0.1) is 6.92 Å². The van der Waals surface area contributed by atoms with Crippen molar-refractivity contribution in [2.75, 3.05) is 11.9 Å². The summed E-state index contributed by atoms with van der Waals surface area (Å²) in [5, 5.41) is 6.34. The molecule has 6 nitrogen and oxygen atoms in total. The predicted molar refractivity (Wildman–Crippen MR) is 112 cm³/mol. The first-order valence-corrected chi connectivity index (χ1v) is 9.65. The number of hydrogen-bond donors (Lipinski definition) is 2. The molecule has 0 atom stereocenters. The number of halogens is 4. The van der Waals surface area contributed by atoms with Crippen molar-refractivity contribution in [3.05, 3.63) is 58.6 Å². The summed E-state index contributed by atoms with van der Waals surface area (Å²) in [6.07, 6.45) is -4.35. The Bertz CT molecular complexity index is 978. The Labute approximate surface area is 182 Å². The standard InChI is InChI=1S/C21H21ClF3N3O3/c1-13-11-16(22)8-9-18(13)31-10-4-7-19(29)28-27-14(2)15-5-3-6-17(12-15)26-20(30)21(23,24)25/h3,5-6,8-9,11-12H,4,7,10H2,1-2H3,(H,26,30)(H,28,29). The number of hydrazone groups is 1. The zero-order chi connectivity index (χ0) is 23.0. The van der Waals surface area contributed by atoms with Gasteiger partial charge in [-0.3, -0.25) is 9.59 Å². The smallest absolute Gasteiger partial charge is 0.471 e. The lowest BCUT2D eigenvalue weighted by Gasteiger charge is -2.10. The van der Waals surface area contributed by atoms with Gasteiger partial charge in [0.15, 0.2) is 0 Å². The van der Waals surface area contributed by atoms with Gasteiger partial charge in [0.1, 0.15) is 5.75 Å². The molecule has 31 heavy (non-hydrogen) atoms. The van der Waals surface area contributed by atoms with E-state index in [-0.39, 0.29) is 18.0 Å². The van der Waals surface area contributed by atoms with E-state index in [1.165, 1.54) is 18.2 Å². The molecule has 2 amide bonds. The average Bonchev–Trinajstić information content (AvgIpc) is 2.70. The van der Waals surface area contributed by atoms with Gasteiger partial charge in [-0.2, -0.15) is 18.3 Å². The van der Waals surface area contributed by atoms with Gasteiger partial charge in [-0.1, -0.05) is 23.7 Å². The normalized spacial score (nSPS) is 11.7. The van der Waals surface area contributed by atoms with Crippen molar-refractivity contribution in [1.29, 1.82) is 0 Å². The summed E-state index contributed by atoms with van der Waals surface area (Å²) in [5.74, 6) is -1.71. The van der Waals surface area contributed by atoms with Crippen LogP contribution in [0.1, 0.15) is 30.9 Å². The molecule has 0 heterocycles. The molecule has 0 spiro atoms. The third-order valence-electron chi connectivity index (χ3n) is 4.09. The molecule has 2 N–H and O–H groups in total. The zero-order valence-electron chi connectivity index (χ0n) is 16.8. The van der Waals surface area contributed by atoms with Gasteiger partial charge in [-0.15, -0.1) is 0 Å². The highest BCUT2D eigenvalue weighted by molar-refractivity contribution is 6.30. The van der Waals surface area contributed by atoms with Crippen molar-refractivity contribution in [3.8, 4) is 5.75 Å². The van der Waals surface area contributed by atoms with E-state index in [1.54, 1.807) is 36.5 Å². The number of amides is 2. The first kappa shape index (κ1) is 24.2. The minimum absolute atomic E-state index is 0.0321. The van der Waals surface area contributed by atoms with Crippen molar-refractivity contribution in [2.45, 2.75) is 32.9 Å². The fraction of sp³-hybridized carbons (Fsp3) is 0.286. The van der Waals surface area contributed by atoms with Crippen LogP contribution in [0.25, 0.3) is 0 Å². The number of nitrogens with one attached hydrogen (secondary N) is 2. The summed E-state index contributed by atoms with van der Waals surface area (Å²) in [4.78, 5) is 23.0. The Morgan fingerprint density at radius 3 is 2.58 bits per heavy atom. The van der Waals surface area contributed by atoms with E-state index in [2.05, 4.69) is 10.5 Å². The summed E-state index contributed by atoms with van der Waals surface area (Å²) in [6.45, 7) is 3.78. The first-order valence-electron chi connectivity index (χ1n) is 9.27. The highest BCUT2D eigenvalue weighted by Gasteiger charge is 2.38. The summed E-state index contributed by atoms with van der Waals surface area (Å²) in [5.41, 5.74) is 4.07. The molecule has 2 rings (SSSR count). The van der Waals surface area contributed by atoms with Crippen molar-refractivity contribution >= 4 is 34.8 Å². The Balaban J connectivity index is 1.82. The molecule has 0 aromatic heterocycles. The third kappa shape index (κ3) is 7.93. The molecule has 0 saturated carbocycles. The molecular formula is C21H21ClF3N3O3. The maximum absolute atomic E-state index is 12.4. The second-order valence-electron chi connectivity index (χ2n) is 6.63. The Hall–Kier alpha value is -3.07. The number of nitrogens with zero attached hydrogens (tertiary/aromatic N) is 1. The van der Waals surface area contributed by atoms with Crippen LogP contribution in [0.3, 0.4) is 0 Å². The van der Waals surface area contributed by atoms with Crippen molar-refractivity contribution in [2.24, 2.45) is 5.10 Å². The number of ether oxygens (including phenoxy) is 1. The molecule has 0 fully saturated rings. The van der Waals surface area contributed by atoms with Crippen LogP contribution in [-0.2, 0) is 9.59 Å². The molecule has 2 aromatic rings. The van der Waals surface area contributed by atoms with Crippen molar-refractivity contribution in [3.63, 3.8) is 0 Å². The number of rotatable bonds is 8. The highest BCUT2D eigenvalue weighted by Crippen LogP contribution is 2.22. The number of carbonyl (C=O) groups is 2. The summed E-state index contributed by atoms with van der Waals surface area (Å²) < 4.78 is 42.7. The first-order chi connectivity index (χ1) is 14.6. The van der Waals surface area contributed by atoms with Gasteiger partial charge < -0.3 is 10.1 Å². The molecular weight excluding hydrogens is 435 g/mol. The Kier molecular flexibility index (Phi) is 8.44. The van der Waals surface area contributed by atoms with E-state index in [0.29, 0.717) is 35.1 Å². The highest BCUT2D eigenvalue weighted by atomic mass is 35.5. The summed E-state index contributed by atoms with van der Waals surface area (Å²) >= 11 is 5.89. The Morgan fingerprint density at radius 2 is 1.90 bits per heavy atom. The molecule has 0 aliphatic carbocycles. The van der Waals surface area contributed by atoms with Crippen molar-refractivity contribution < 1.29 is 27.5 Å². The number of carbonyl (C=O) groups excluding carboxylic acids is 2. The van der Waals surface area contributed by atoms with Crippen molar-refractivity contribution in [1.82, 2.24) is 5.43 Å². The van der Waals surface area contributed by atoms with Gasteiger partial charge >= 0.3 is 12.1 Å². The lowest BCUT2D eigenvalue weighted by atomic mass is 10.1. The van der Waals surface area contributed by atoms with Gasteiger partial charge in [-0.25, -0.2) is 5.43 Å². The molecule has 10 heteroatoms. The van der Waals surface area contributed by atoms with E-state index in [1.807, 2.05) is 6.92 Å². The molecule has 0 aliphatic rings. The monoisotopic (exact) mass is 455 g/mol. The van der Waals surface area contributed by atoms with Crippen LogP contribution in [0.5, 0.6) is 5.75 Å². The summed E-state index contributed by atoms with van der Waals surface area (Å²) in [6, 6.07) is 11.0. The van der Waals surface area contributed by atoms with Gasteiger partial charge in [0.2, 0.25) is 5.91 Å². The van der Waals surface area contributed by atoms with E-state index >= 15 is 0 Å². The lowest BCUT2D eigenvalue weighted by molar-refractivity contribution is -0.167. The number of anilines is 1. The number of benzene rings is 2. The van der Waals surface area contributed by atoms with E-state index < -0.39 is 12.1 Å². The second-order valence-corrected chi connectivity index (χ2v) is 7.06. The summed E-state index contributed by atoms with van der Waals surface area (Å²) in [7, 11) is 0. The van der Waals surface area contributed by atoms with E-state index in [0.717, 1.165) is 5.56 Å². The van der Waals surface area contributed by atoms with Gasteiger partial charge in [-0.05, 0) is 61.7 Å². The maximum Gasteiger partial charge on any atom is 0.471 e. The van der Waals surface area contributed by atoms with E-state index in [4.69, 9.17) is 16.3 Å². The van der Waals surface area contributed by atoms with Crippen LogP contribution < -0.4 is 15.5 Å². The molecule has 0 saturated heterocycles. The fourth-order valence-corrected chi connectivity index (χ4v) is 2.71. The predicted octanol–water partition coefficient (Wildman–Crippen LogP) is 4.85. The molecule has 166 valence electrons. The SMILES string of the molecule is CC(=NNC(=O)CCCOc1ccc(Cl)cc1C)c1cccc(NC(=O)C(F)(F)F)c1. The zero-order valence-corrected chi connectivity index (χ0v) is 17.6. The largest absolute Gasteiger partial charge is 0.493 e. The van der Waals surface area contributed by atoms with E-state index in [9.17, 15) is 22.8 Å². The minimum Gasteiger partial charge on any atom is -0.493 e. The number of alkyl halides is 3. The quantitative estimate of drug-likeness (QED) is 0.339. The number of hydrogen-bond acceptors (Lipinski definition) is 4. The number of aryl methyl sites for hydroxylation is 1. The lowest BCUT2D eigenvalue weighted by Crippen LogP contribution is -2.29. The van der Waals surface area contributed by atoms with Crippen LogP contribution >= 0.6 is 11.6 Å². The minimum atomic E-state index is -4.98. The van der Waals surface area contributed by atoms with Gasteiger partial charge in [0, 0.05) is 17.1 Å². The van der Waals surface area contributed by atoms with Crippen LogP contribution in [0.4, 0.5) is 18.9 Å². The molecule has 2 aromatic carbocycles. The average molecular weight is 456 g/mol. The fourth-order valence-electron chi connectivity index (χ4n) is 2.48. The molecule has 0 radical (unpaired) electrons. The molecule has 0 aliphatic heterocycles. The van der Waals surface area contributed by atoms with Crippen LogP contribution in [0.2, 0.25) is 5.02 Å². The molecule has 0 bridgehead atoms. The third-order valence-corrected chi connectivity index (χ3v) is 4.32. The van der Waals surface area contributed by atoms with Crippen LogP contribution in [-0.4, -0.2) is 30.3 Å². The maximum atomic E-state index is 12.4. The molecule has 0 unspecified atom stereocenters.